The molecule has 0 spiro atoms. The second-order valence-corrected chi connectivity index (χ2v) is 6.37. The van der Waals surface area contributed by atoms with E-state index in [0.717, 1.165) is 32.0 Å². The lowest BCUT2D eigenvalue weighted by molar-refractivity contribution is 0.0108. The predicted octanol–water partition coefficient (Wildman–Crippen LogP) is 3.31. The van der Waals surface area contributed by atoms with E-state index >= 15 is 0 Å². The Morgan fingerprint density at radius 1 is 1.20 bits per heavy atom. The van der Waals surface area contributed by atoms with E-state index in [1.165, 1.54) is 32.1 Å². The third kappa shape index (κ3) is 5.34. The molecule has 3 heteroatoms. The number of nitrogens with zero attached hydrogens (tertiary/aromatic N) is 1. The van der Waals surface area contributed by atoms with Gasteiger partial charge in [0.15, 0.2) is 0 Å². The average molecular weight is 285 g/mol. The van der Waals surface area contributed by atoms with Gasteiger partial charge in [-0.15, -0.1) is 0 Å². The van der Waals surface area contributed by atoms with Crippen molar-refractivity contribution in [1.29, 1.82) is 0 Å². The predicted molar refractivity (Wildman–Crippen MR) is 84.9 cm³/mol. The molecule has 0 amide bonds. The van der Waals surface area contributed by atoms with Crippen LogP contribution in [0, 0.1) is 11.8 Å². The second-order valence-electron chi connectivity index (χ2n) is 6.37. The van der Waals surface area contributed by atoms with E-state index in [0.29, 0.717) is 12.0 Å². The first-order valence-corrected chi connectivity index (χ1v) is 8.57. The molecule has 0 heterocycles. The minimum absolute atomic E-state index is 0.0998. The Bertz CT molecular complexity index is 243. The highest BCUT2D eigenvalue weighted by atomic mass is 16.5. The van der Waals surface area contributed by atoms with Gasteiger partial charge in [-0.1, -0.05) is 27.2 Å². The van der Waals surface area contributed by atoms with Crippen molar-refractivity contribution < 1.29 is 9.84 Å². The van der Waals surface area contributed by atoms with Crippen LogP contribution in [0.4, 0.5) is 0 Å². The van der Waals surface area contributed by atoms with Crippen molar-refractivity contribution in [3.63, 3.8) is 0 Å². The van der Waals surface area contributed by atoms with Crippen molar-refractivity contribution in [2.45, 2.75) is 71.4 Å². The van der Waals surface area contributed by atoms with Gasteiger partial charge in [0.2, 0.25) is 0 Å². The fourth-order valence-corrected chi connectivity index (χ4v) is 3.65. The quantitative estimate of drug-likeness (QED) is 0.705. The van der Waals surface area contributed by atoms with Crippen LogP contribution < -0.4 is 0 Å². The lowest BCUT2D eigenvalue weighted by Gasteiger charge is -2.39. The van der Waals surface area contributed by atoms with Crippen molar-refractivity contribution in [3.05, 3.63) is 0 Å². The lowest BCUT2D eigenvalue weighted by atomic mass is 9.78. The van der Waals surface area contributed by atoms with Gasteiger partial charge in [-0.05, 0) is 43.9 Å². The number of ether oxygens (including phenoxy) is 1. The molecule has 1 N–H and O–H groups in total. The molecule has 120 valence electrons. The summed E-state index contributed by atoms with van der Waals surface area (Å²) in [6, 6.07) is 0.624. The summed E-state index contributed by atoms with van der Waals surface area (Å²) in [4.78, 5) is 2.55. The fraction of sp³-hybridized carbons (Fsp3) is 1.00. The SMILES string of the molecule is CCC1CCC(O)C(CN(CCOC)C(CC)CC)C1. The van der Waals surface area contributed by atoms with Gasteiger partial charge in [0.25, 0.3) is 0 Å². The average Bonchev–Trinajstić information content (AvgIpc) is 2.47. The van der Waals surface area contributed by atoms with Gasteiger partial charge >= 0.3 is 0 Å². The Labute approximate surface area is 125 Å². The van der Waals surface area contributed by atoms with Gasteiger partial charge in [0.1, 0.15) is 0 Å². The maximum absolute atomic E-state index is 10.3. The Balaban J connectivity index is 2.61. The van der Waals surface area contributed by atoms with E-state index in [2.05, 4.69) is 25.7 Å². The summed E-state index contributed by atoms with van der Waals surface area (Å²) in [5, 5.41) is 10.3. The molecule has 0 saturated heterocycles. The van der Waals surface area contributed by atoms with E-state index in [-0.39, 0.29) is 6.10 Å². The smallest absolute Gasteiger partial charge is 0.0589 e. The van der Waals surface area contributed by atoms with Crippen molar-refractivity contribution >= 4 is 0 Å². The molecule has 3 atom stereocenters. The Morgan fingerprint density at radius 3 is 2.45 bits per heavy atom. The van der Waals surface area contributed by atoms with E-state index in [1.807, 2.05) is 0 Å². The topological polar surface area (TPSA) is 32.7 Å². The largest absolute Gasteiger partial charge is 0.393 e. The van der Waals surface area contributed by atoms with E-state index in [4.69, 9.17) is 4.74 Å². The molecule has 0 aliphatic heterocycles. The van der Waals surface area contributed by atoms with Crippen molar-refractivity contribution in [2.24, 2.45) is 11.8 Å². The van der Waals surface area contributed by atoms with Crippen LogP contribution in [0.25, 0.3) is 0 Å². The molecule has 1 aliphatic carbocycles. The minimum atomic E-state index is -0.0998. The number of methoxy groups -OCH3 is 1. The highest BCUT2D eigenvalue weighted by Crippen LogP contribution is 2.32. The third-order valence-corrected chi connectivity index (χ3v) is 5.14. The highest BCUT2D eigenvalue weighted by molar-refractivity contribution is 4.83. The van der Waals surface area contributed by atoms with Crippen molar-refractivity contribution in [1.82, 2.24) is 4.90 Å². The monoisotopic (exact) mass is 285 g/mol. The first-order chi connectivity index (χ1) is 9.65. The number of aliphatic hydroxyl groups excluding tert-OH is 1. The number of hydrogen-bond acceptors (Lipinski definition) is 3. The van der Waals surface area contributed by atoms with Gasteiger partial charge < -0.3 is 9.84 Å². The van der Waals surface area contributed by atoms with Gasteiger partial charge in [-0.3, -0.25) is 4.90 Å². The molecule has 0 aromatic rings. The van der Waals surface area contributed by atoms with Gasteiger partial charge in [-0.2, -0.15) is 0 Å². The molecule has 3 unspecified atom stereocenters. The summed E-state index contributed by atoms with van der Waals surface area (Å²) in [6.45, 7) is 9.62. The molecular formula is C17H35NO2. The van der Waals surface area contributed by atoms with E-state index in [9.17, 15) is 5.11 Å². The van der Waals surface area contributed by atoms with Gasteiger partial charge in [-0.25, -0.2) is 0 Å². The molecular weight excluding hydrogens is 250 g/mol. The van der Waals surface area contributed by atoms with E-state index < -0.39 is 0 Å². The van der Waals surface area contributed by atoms with Gasteiger partial charge in [0, 0.05) is 26.2 Å². The first kappa shape index (κ1) is 17.9. The van der Waals surface area contributed by atoms with Crippen LogP contribution >= 0.6 is 0 Å². The standard InChI is InChI=1S/C17H35NO2/c1-5-14-8-9-17(19)15(12-14)13-18(10-11-20-4)16(6-2)7-3/h14-17,19H,5-13H2,1-4H3. The Hall–Kier alpha value is -0.120. The summed E-state index contributed by atoms with van der Waals surface area (Å²) in [6.07, 6.45) is 6.91. The molecule has 0 bridgehead atoms. The molecule has 0 aromatic heterocycles. The highest BCUT2D eigenvalue weighted by Gasteiger charge is 2.30. The maximum atomic E-state index is 10.3. The summed E-state index contributed by atoms with van der Waals surface area (Å²) < 4.78 is 5.27. The van der Waals surface area contributed by atoms with Crippen LogP contribution in [0.1, 0.15) is 59.3 Å². The van der Waals surface area contributed by atoms with Crippen LogP contribution in [0.2, 0.25) is 0 Å². The van der Waals surface area contributed by atoms with Gasteiger partial charge in [0.05, 0.1) is 12.7 Å². The number of hydrogen-bond donors (Lipinski definition) is 1. The Kier molecular flexibility index (Phi) is 8.74. The summed E-state index contributed by atoms with van der Waals surface area (Å²) in [5.74, 6) is 1.26. The lowest BCUT2D eigenvalue weighted by Crippen LogP contribution is -2.44. The normalized spacial score (nSPS) is 27.4. The van der Waals surface area contributed by atoms with Crippen LogP contribution in [-0.2, 0) is 4.74 Å². The molecule has 3 nitrogen and oxygen atoms in total. The zero-order valence-corrected chi connectivity index (χ0v) is 14.0. The molecule has 0 radical (unpaired) electrons. The molecule has 1 rings (SSSR count). The maximum Gasteiger partial charge on any atom is 0.0589 e. The van der Waals surface area contributed by atoms with Crippen LogP contribution in [-0.4, -0.2) is 49.0 Å². The molecule has 0 aromatic carbocycles. The van der Waals surface area contributed by atoms with Crippen molar-refractivity contribution in [3.8, 4) is 0 Å². The molecule has 1 saturated carbocycles. The third-order valence-electron chi connectivity index (χ3n) is 5.14. The molecule has 1 aliphatic rings. The second kappa shape index (κ2) is 9.75. The summed E-state index contributed by atoms with van der Waals surface area (Å²) in [5.41, 5.74) is 0. The first-order valence-electron chi connectivity index (χ1n) is 8.57. The number of rotatable bonds is 9. The molecule has 20 heavy (non-hydrogen) atoms. The fourth-order valence-electron chi connectivity index (χ4n) is 3.65. The van der Waals surface area contributed by atoms with Crippen LogP contribution in [0.3, 0.4) is 0 Å². The minimum Gasteiger partial charge on any atom is -0.393 e. The van der Waals surface area contributed by atoms with Crippen LogP contribution in [0.5, 0.6) is 0 Å². The van der Waals surface area contributed by atoms with E-state index in [1.54, 1.807) is 7.11 Å². The zero-order valence-electron chi connectivity index (χ0n) is 14.0. The van der Waals surface area contributed by atoms with Crippen LogP contribution in [0.15, 0.2) is 0 Å². The summed E-state index contributed by atoms with van der Waals surface area (Å²) in [7, 11) is 1.77. The Morgan fingerprint density at radius 2 is 1.90 bits per heavy atom. The zero-order chi connectivity index (χ0) is 15.0. The molecule has 1 fully saturated rings. The summed E-state index contributed by atoms with van der Waals surface area (Å²) >= 11 is 0. The number of aliphatic hydroxyl groups is 1. The van der Waals surface area contributed by atoms with Crippen molar-refractivity contribution in [2.75, 3.05) is 26.8 Å².